The lowest BCUT2D eigenvalue weighted by atomic mass is 10.0. The molecule has 0 radical (unpaired) electrons. The Morgan fingerprint density at radius 2 is 1.60 bits per heavy atom. The molecule has 0 unspecified atom stereocenters. The summed E-state index contributed by atoms with van der Waals surface area (Å²) in [7, 11) is 0. The molecule has 0 aliphatic heterocycles. The van der Waals surface area contributed by atoms with Crippen LogP contribution < -0.4 is 10.1 Å². The number of nitrogens with zero attached hydrogens (tertiary/aromatic N) is 1. The lowest BCUT2D eigenvalue weighted by molar-refractivity contribution is -0.142. The molecule has 3 aromatic carbocycles. The number of amides is 2. The van der Waals surface area contributed by atoms with Gasteiger partial charge >= 0.3 is 0 Å². The van der Waals surface area contributed by atoms with E-state index in [1.165, 1.54) is 0 Å². The van der Waals surface area contributed by atoms with E-state index in [-0.39, 0.29) is 30.9 Å². The normalized spacial score (nSPS) is 11.7. The number of hydrogen-bond acceptors (Lipinski definition) is 3. The number of halogens is 2. The molecule has 1 N–H and O–H groups in total. The van der Waals surface area contributed by atoms with E-state index in [4.69, 9.17) is 27.9 Å². The zero-order chi connectivity index (χ0) is 25.2. The fourth-order valence-corrected chi connectivity index (χ4v) is 4.02. The lowest BCUT2D eigenvalue weighted by Crippen LogP contribution is -2.52. The van der Waals surface area contributed by atoms with Crippen molar-refractivity contribution in [1.29, 1.82) is 0 Å². The Balaban J connectivity index is 1.92. The molecule has 5 nitrogen and oxygen atoms in total. The van der Waals surface area contributed by atoms with E-state index in [2.05, 4.69) is 5.32 Å². The van der Waals surface area contributed by atoms with Crippen molar-refractivity contribution in [1.82, 2.24) is 10.2 Å². The number of ether oxygens (including phenoxy) is 1. The summed E-state index contributed by atoms with van der Waals surface area (Å²) in [5.74, 6) is 0.308. The van der Waals surface area contributed by atoms with Gasteiger partial charge in [-0.3, -0.25) is 9.59 Å². The van der Waals surface area contributed by atoms with Gasteiger partial charge in [-0.05, 0) is 41.3 Å². The number of rotatable bonds is 11. The third kappa shape index (κ3) is 8.30. The van der Waals surface area contributed by atoms with Gasteiger partial charge in [-0.25, -0.2) is 0 Å². The van der Waals surface area contributed by atoms with Crippen molar-refractivity contribution in [3.8, 4) is 5.75 Å². The van der Waals surface area contributed by atoms with E-state index in [1.807, 2.05) is 62.4 Å². The second-order valence-electron chi connectivity index (χ2n) is 8.70. The first-order valence-electron chi connectivity index (χ1n) is 11.6. The van der Waals surface area contributed by atoms with Gasteiger partial charge < -0.3 is 15.0 Å². The van der Waals surface area contributed by atoms with Crippen LogP contribution in [-0.4, -0.2) is 35.9 Å². The molecule has 3 aromatic rings. The highest BCUT2D eigenvalue weighted by Gasteiger charge is 2.31. The van der Waals surface area contributed by atoms with Crippen molar-refractivity contribution in [2.75, 3.05) is 13.2 Å². The minimum Gasteiger partial charge on any atom is -0.484 e. The minimum atomic E-state index is -0.755. The summed E-state index contributed by atoms with van der Waals surface area (Å²) in [5, 5.41) is 3.92. The molecule has 0 spiro atoms. The zero-order valence-electron chi connectivity index (χ0n) is 19.9. The number of nitrogens with one attached hydrogen (secondary N) is 1. The van der Waals surface area contributed by atoms with E-state index in [9.17, 15) is 9.59 Å². The second-order valence-corrected chi connectivity index (χ2v) is 9.55. The van der Waals surface area contributed by atoms with Gasteiger partial charge in [0.2, 0.25) is 5.91 Å². The smallest absolute Gasteiger partial charge is 0.261 e. The molecule has 184 valence electrons. The zero-order valence-corrected chi connectivity index (χ0v) is 21.4. The molecular formula is C28H30Cl2N2O3. The van der Waals surface area contributed by atoms with Crippen LogP contribution in [0.3, 0.4) is 0 Å². The number of carbonyl (C=O) groups is 2. The van der Waals surface area contributed by atoms with Crippen LogP contribution in [0.5, 0.6) is 5.75 Å². The average molecular weight is 513 g/mol. The van der Waals surface area contributed by atoms with Crippen LogP contribution in [0.4, 0.5) is 0 Å². The monoisotopic (exact) mass is 512 g/mol. The molecule has 1 atom stereocenters. The molecule has 0 fully saturated rings. The van der Waals surface area contributed by atoms with Crippen LogP contribution in [0.15, 0.2) is 78.9 Å². The fourth-order valence-electron chi connectivity index (χ4n) is 3.55. The third-order valence-electron chi connectivity index (χ3n) is 5.42. The summed E-state index contributed by atoms with van der Waals surface area (Å²) < 4.78 is 5.74. The highest BCUT2D eigenvalue weighted by molar-refractivity contribution is 6.35. The van der Waals surface area contributed by atoms with Gasteiger partial charge in [0.25, 0.3) is 5.91 Å². The molecule has 3 rings (SSSR count). The van der Waals surface area contributed by atoms with Crippen LogP contribution in [-0.2, 0) is 22.6 Å². The SMILES string of the molecule is CC(C)CNC(=O)[C@@H](Cc1ccccc1)N(Cc1ccc(Cl)cc1Cl)C(=O)COc1ccccc1. The minimum absolute atomic E-state index is 0.138. The molecule has 0 bridgehead atoms. The Morgan fingerprint density at radius 3 is 2.23 bits per heavy atom. The van der Waals surface area contributed by atoms with Gasteiger partial charge in [0.05, 0.1) is 0 Å². The van der Waals surface area contributed by atoms with Crippen molar-refractivity contribution in [2.45, 2.75) is 32.9 Å². The van der Waals surface area contributed by atoms with Crippen molar-refractivity contribution in [3.63, 3.8) is 0 Å². The Morgan fingerprint density at radius 1 is 0.943 bits per heavy atom. The van der Waals surface area contributed by atoms with Crippen molar-refractivity contribution in [3.05, 3.63) is 100 Å². The first-order chi connectivity index (χ1) is 16.8. The van der Waals surface area contributed by atoms with Crippen molar-refractivity contribution >= 4 is 35.0 Å². The Labute approximate surface area is 217 Å². The van der Waals surface area contributed by atoms with Crippen molar-refractivity contribution < 1.29 is 14.3 Å². The van der Waals surface area contributed by atoms with Crippen LogP contribution in [0.25, 0.3) is 0 Å². The van der Waals surface area contributed by atoms with E-state index in [1.54, 1.807) is 35.2 Å². The summed E-state index contributed by atoms with van der Waals surface area (Å²) in [5.41, 5.74) is 1.64. The largest absolute Gasteiger partial charge is 0.484 e. The van der Waals surface area contributed by atoms with Gasteiger partial charge in [-0.1, -0.05) is 91.6 Å². The number of para-hydroxylation sites is 1. The van der Waals surface area contributed by atoms with E-state index in [0.717, 1.165) is 5.56 Å². The van der Waals surface area contributed by atoms with Gasteiger partial charge in [-0.2, -0.15) is 0 Å². The maximum absolute atomic E-state index is 13.5. The van der Waals surface area contributed by atoms with Gasteiger partial charge in [-0.15, -0.1) is 0 Å². The average Bonchev–Trinajstić information content (AvgIpc) is 2.85. The van der Waals surface area contributed by atoms with Crippen molar-refractivity contribution in [2.24, 2.45) is 5.92 Å². The summed E-state index contributed by atoms with van der Waals surface area (Å²) >= 11 is 12.5. The van der Waals surface area contributed by atoms with Gasteiger partial charge in [0.1, 0.15) is 11.8 Å². The highest BCUT2D eigenvalue weighted by atomic mass is 35.5. The maximum atomic E-state index is 13.5. The summed E-state index contributed by atoms with van der Waals surface area (Å²) in [4.78, 5) is 28.5. The van der Waals surface area contributed by atoms with Gasteiger partial charge in [0, 0.05) is 29.6 Å². The Kier molecular flexibility index (Phi) is 10.0. The van der Waals surface area contributed by atoms with E-state index < -0.39 is 6.04 Å². The lowest BCUT2D eigenvalue weighted by Gasteiger charge is -2.32. The molecular weight excluding hydrogens is 483 g/mol. The Hall–Kier alpha value is -3.02. The number of hydrogen-bond donors (Lipinski definition) is 1. The molecule has 0 aromatic heterocycles. The van der Waals surface area contributed by atoms with Crippen LogP contribution in [0.1, 0.15) is 25.0 Å². The molecule has 35 heavy (non-hydrogen) atoms. The molecule has 0 aliphatic carbocycles. The molecule has 7 heteroatoms. The first-order valence-corrected chi connectivity index (χ1v) is 12.3. The summed E-state index contributed by atoms with van der Waals surface area (Å²) in [6, 6.07) is 23.1. The van der Waals surface area contributed by atoms with E-state index in [0.29, 0.717) is 34.3 Å². The standard InChI is InChI=1S/C28H30Cl2N2O3/c1-20(2)17-31-28(34)26(15-21-9-5-3-6-10-21)32(18-22-13-14-23(29)16-25(22)30)27(33)19-35-24-11-7-4-8-12-24/h3-14,16,20,26H,15,17-19H2,1-2H3,(H,31,34)/t26-/m1/s1. The molecule has 2 amide bonds. The molecule has 0 heterocycles. The fraction of sp³-hybridized carbons (Fsp3) is 0.286. The van der Waals surface area contributed by atoms with Crippen LogP contribution >= 0.6 is 23.2 Å². The van der Waals surface area contributed by atoms with E-state index >= 15 is 0 Å². The summed E-state index contributed by atoms with van der Waals surface area (Å²) in [6.45, 7) is 4.49. The van der Waals surface area contributed by atoms with Crippen LogP contribution in [0.2, 0.25) is 10.0 Å². The number of benzene rings is 3. The predicted octanol–water partition coefficient (Wildman–Crippen LogP) is 5.78. The molecule has 0 saturated heterocycles. The molecule has 0 saturated carbocycles. The highest BCUT2D eigenvalue weighted by Crippen LogP contribution is 2.24. The third-order valence-corrected chi connectivity index (χ3v) is 6.00. The van der Waals surface area contributed by atoms with Crippen LogP contribution in [0, 0.1) is 5.92 Å². The summed E-state index contributed by atoms with van der Waals surface area (Å²) in [6.07, 6.45) is 0.354. The predicted molar refractivity (Wildman–Crippen MR) is 141 cm³/mol. The second kappa shape index (κ2) is 13.2. The first kappa shape index (κ1) is 26.6. The Bertz CT molecular complexity index is 1110. The number of carbonyl (C=O) groups excluding carboxylic acids is 2. The topological polar surface area (TPSA) is 58.6 Å². The quantitative estimate of drug-likeness (QED) is 0.354. The van der Waals surface area contributed by atoms with Gasteiger partial charge in [0.15, 0.2) is 6.61 Å². The maximum Gasteiger partial charge on any atom is 0.261 e. The molecule has 0 aliphatic rings.